The lowest BCUT2D eigenvalue weighted by Gasteiger charge is -2.10. The van der Waals surface area contributed by atoms with Crippen LogP contribution in [0.1, 0.15) is 6.42 Å². The first kappa shape index (κ1) is 14.6. The highest BCUT2D eigenvalue weighted by molar-refractivity contribution is 8.72. The zero-order valence-corrected chi connectivity index (χ0v) is 11.6. The molecule has 0 bridgehead atoms. The highest BCUT2D eigenvalue weighted by Gasteiger charge is 2.37. The van der Waals surface area contributed by atoms with Gasteiger partial charge < -0.3 is 5.11 Å². The Morgan fingerprint density at radius 3 is 2.56 bits per heavy atom. The van der Waals surface area contributed by atoms with Crippen LogP contribution in [0.5, 0.6) is 0 Å². The van der Waals surface area contributed by atoms with E-state index in [-0.39, 0.29) is 29.6 Å². The Balaban J connectivity index is 2.59. The molecule has 1 rings (SSSR count). The predicted octanol–water partition coefficient (Wildman–Crippen LogP) is -0.164. The smallest absolute Gasteiger partial charge is 0.205 e. The van der Waals surface area contributed by atoms with Crippen LogP contribution in [0.4, 0.5) is 0 Å². The maximum atomic E-state index is 11.7. The molecule has 1 heterocycles. The van der Waals surface area contributed by atoms with E-state index in [1.165, 1.54) is 0 Å². The van der Waals surface area contributed by atoms with E-state index in [1.54, 1.807) is 0 Å². The highest BCUT2D eigenvalue weighted by atomic mass is 35.5. The van der Waals surface area contributed by atoms with Gasteiger partial charge in [0.25, 0.3) is 0 Å². The number of hydrogen-bond acceptors (Lipinski definition) is 6. The molecule has 2 atom stereocenters. The van der Waals surface area contributed by atoms with Gasteiger partial charge >= 0.3 is 0 Å². The predicted molar refractivity (Wildman–Crippen MR) is 65.2 cm³/mol. The van der Waals surface area contributed by atoms with Crippen molar-refractivity contribution < 1.29 is 21.9 Å². The number of hydrogen-bond donors (Lipinski definition) is 1. The molecule has 0 radical (unpaired) electrons. The minimum atomic E-state index is -3.52. The summed E-state index contributed by atoms with van der Waals surface area (Å²) in [4.78, 5) is 0. The summed E-state index contributed by atoms with van der Waals surface area (Å²) in [7, 11) is -6.14. The standard InChI is InChI=1S/C7H13ClO5S3/c8-3-6(9)4-14-16(12,13)7-1-2-15(10,11)5-7/h6-7,9H,1-5H2. The van der Waals surface area contributed by atoms with E-state index >= 15 is 0 Å². The van der Waals surface area contributed by atoms with E-state index in [1.807, 2.05) is 0 Å². The van der Waals surface area contributed by atoms with E-state index < -0.39 is 30.1 Å². The molecule has 1 saturated heterocycles. The minimum absolute atomic E-state index is 0.0254. The van der Waals surface area contributed by atoms with Crippen LogP contribution in [-0.4, -0.2) is 56.4 Å². The molecule has 0 saturated carbocycles. The number of halogens is 1. The van der Waals surface area contributed by atoms with Crippen LogP contribution in [0.15, 0.2) is 0 Å². The van der Waals surface area contributed by atoms with Crippen molar-refractivity contribution in [2.24, 2.45) is 0 Å². The summed E-state index contributed by atoms with van der Waals surface area (Å²) in [6, 6.07) is 0. The van der Waals surface area contributed by atoms with Gasteiger partial charge in [0.15, 0.2) is 9.84 Å². The lowest BCUT2D eigenvalue weighted by molar-refractivity contribution is 0.224. The lowest BCUT2D eigenvalue weighted by Crippen LogP contribution is -2.22. The largest absolute Gasteiger partial charge is 0.391 e. The van der Waals surface area contributed by atoms with Gasteiger partial charge in [-0.3, -0.25) is 0 Å². The lowest BCUT2D eigenvalue weighted by atomic mass is 10.4. The average molecular weight is 309 g/mol. The molecule has 0 aromatic rings. The fourth-order valence-electron chi connectivity index (χ4n) is 1.30. The number of rotatable bonds is 5. The Bertz CT molecular complexity index is 429. The van der Waals surface area contributed by atoms with E-state index in [0.29, 0.717) is 10.8 Å². The van der Waals surface area contributed by atoms with Gasteiger partial charge in [-0.1, -0.05) is 0 Å². The quantitative estimate of drug-likeness (QED) is 0.561. The summed E-state index contributed by atoms with van der Waals surface area (Å²) >= 11 is 5.33. The Morgan fingerprint density at radius 2 is 2.12 bits per heavy atom. The maximum absolute atomic E-state index is 11.7. The maximum Gasteiger partial charge on any atom is 0.205 e. The first-order valence-electron chi connectivity index (χ1n) is 4.59. The second-order valence-electron chi connectivity index (χ2n) is 3.61. The second kappa shape index (κ2) is 5.43. The Hall–Kier alpha value is 0.500. The summed E-state index contributed by atoms with van der Waals surface area (Å²) in [6.45, 7) is 0. The van der Waals surface area contributed by atoms with Gasteiger partial charge in [-0.2, -0.15) is 0 Å². The molecule has 16 heavy (non-hydrogen) atoms. The third-order valence-corrected chi connectivity index (χ3v) is 8.82. The zero-order valence-electron chi connectivity index (χ0n) is 8.37. The van der Waals surface area contributed by atoms with Gasteiger partial charge in [0.2, 0.25) is 8.87 Å². The van der Waals surface area contributed by atoms with Gasteiger partial charge in [-0.05, 0) is 17.2 Å². The van der Waals surface area contributed by atoms with Gasteiger partial charge in [0.05, 0.1) is 22.9 Å². The van der Waals surface area contributed by atoms with Crippen molar-refractivity contribution in [1.29, 1.82) is 0 Å². The third kappa shape index (κ3) is 4.06. The van der Waals surface area contributed by atoms with Crippen molar-refractivity contribution in [2.75, 3.05) is 23.1 Å². The normalized spacial score (nSPS) is 26.8. The van der Waals surface area contributed by atoms with Crippen molar-refractivity contribution >= 4 is 41.1 Å². The fourth-order valence-corrected chi connectivity index (χ4v) is 7.99. The molecule has 1 fully saturated rings. The van der Waals surface area contributed by atoms with E-state index in [4.69, 9.17) is 16.7 Å². The van der Waals surface area contributed by atoms with Crippen molar-refractivity contribution in [2.45, 2.75) is 17.8 Å². The van der Waals surface area contributed by atoms with E-state index in [2.05, 4.69) is 0 Å². The summed E-state index contributed by atoms with van der Waals surface area (Å²) in [5.74, 6) is -0.442. The van der Waals surface area contributed by atoms with Crippen molar-refractivity contribution in [1.82, 2.24) is 0 Å². The zero-order chi connectivity index (χ0) is 12.4. The molecular formula is C7H13ClO5S3. The van der Waals surface area contributed by atoms with Crippen LogP contribution in [-0.2, 0) is 18.7 Å². The Morgan fingerprint density at radius 1 is 1.50 bits per heavy atom. The SMILES string of the molecule is O=S1(=O)CCC(S(=O)(=O)SCC(O)CCl)C1. The molecule has 1 aliphatic rings. The molecule has 0 spiro atoms. The molecule has 0 amide bonds. The monoisotopic (exact) mass is 308 g/mol. The van der Waals surface area contributed by atoms with Crippen LogP contribution in [0.3, 0.4) is 0 Å². The van der Waals surface area contributed by atoms with Crippen LogP contribution in [0.25, 0.3) is 0 Å². The summed E-state index contributed by atoms with van der Waals surface area (Å²) in [5.41, 5.74) is 0. The number of aliphatic hydroxyl groups excluding tert-OH is 1. The molecule has 1 aliphatic heterocycles. The summed E-state index contributed by atoms with van der Waals surface area (Å²) < 4.78 is 45.6. The first-order valence-corrected chi connectivity index (χ1v) is 10.00. The average Bonchev–Trinajstić information content (AvgIpc) is 2.56. The van der Waals surface area contributed by atoms with Crippen LogP contribution >= 0.6 is 22.4 Å². The topological polar surface area (TPSA) is 88.5 Å². The van der Waals surface area contributed by atoms with Crippen molar-refractivity contribution in [3.05, 3.63) is 0 Å². The van der Waals surface area contributed by atoms with Crippen LogP contribution in [0, 0.1) is 0 Å². The molecule has 5 nitrogen and oxygen atoms in total. The fraction of sp³-hybridized carbons (Fsp3) is 1.00. The minimum Gasteiger partial charge on any atom is -0.391 e. The number of alkyl halides is 1. The van der Waals surface area contributed by atoms with Crippen molar-refractivity contribution in [3.8, 4) is 0 Å². The van der Waals surface area contributed by atoms with Gasteiger partial charge in [0.1, 0.15) is 0 Å². The van der Waals surface area contributed by atoms with E-state index in [9.17, 15) is 16.8 Å². The molecule has 0 aromatic heterocycles. The number of aliphatic hydroxyl groups is 1. The molecule has 9 heteroatoms. The highest BCUT2D eigenvalue weighted by Crippen LogP contribution is 2.27. The molecule has 2 unspecified atom stereocenters. The van der Waals surface area contributed by atoms with Gasteiger partial charge in [0, 0.05) is 11.6 Å². The third-order valence-electron chi connectivity index (χ3n) is 2.20. The molecular weight excluding hydrogens is 296 g/mol. The number of sulfone groups is 1. The molecule has 1 N–H and O–H groups in total. The summed E-state index contributed by atoms with van der Waals surface area (Å²) in [5, 5.41) is 8.29. The molecule has 96 valence electrons. The van der Waals surface area contributed by atoms with Gasteiger partial charge in [-0.15, -0.1) is 11.6 Å². The van der Waals surface area contributed by atoms with Crippen molar-refractivity contribution in [3.63, 3.8) is 0 Å². The Kier molecular flexibility index (Phi) is 4.94. The first-order chi connectivity index (χ1) is 7.27. The van der Waals surface area contributed by atoms with Crippen LogP contribution < -0.4 is 0 Å². The molecule has 0 aliphatic carbocycles. The molecule has 0 aromatic carbocycles. The summed E-state index contributed by atoms with van der Waals surface area (Å²) in [6.07, 6.45) is -0.742. The van der Waals surface area contributed by atoms with Gasteiger partial charge in [-0.25, -0.2) is 16.8 Å². The van der Waals surface area contributed by atoms with E-state index in [0.717, 1.165) is 0 Å². The van der Waals surface area contributed by atoms with Crippen LogP contribution in [0.2, 0.25) is 0 Å². The Labute approximate surface area is 104 Å². The second-order valence-corrected chi connectivity index (χ2v) is 10.5.